The van der Waals surface area contributed by atoms with Gasteiger partial charge in [0.2, 0.25) is 5.13 Å². The molecule has 1 N–H and O–H groups in total. The zero-order valence-electron chi connectivity index (χ0n) is 9.61. The van der Waals surface area contributed by atoms with Gasteiger partial charge in [0.15, 0.2) is 0 Å². The van der Waals surface area contributed by atoms with Gasteiger partial charge >= 0.3 is 0 Å². The molecule has 2 rings (SSSR count). The maximum atomic E-state index is 3.85. The summed E-state index contributed by atoms with van der Waals surface area (Å²) in [5.74, 6) is 0. The van der Waals surface area contributed by atoms with E-state index >= 15 is 0 Å². The minimum atomic E-state index is 0.762. The van der Waals surface area contributed by atoms with E-state index in [0.29, 0.717) is 0 Å². The van der Waals surface area contributed by atoms with Gasteiger partial charge in [0.25, 0.3) is 0 Å². The van der Waals surface area contributed by atoms with Gasteiger partial charge in [-0.1, -0.05) is 21.7 Å². The number of anilines is 1. The number of benzene rings is 1. The fourth-order valence-corrected chi connectivity index (χ4v) is 1.94. The van der Waals surface area contributed by atoms with Crippen molar-refractivity contribution in [2.75, 3.05) is 5.32 Å². The molecule has 1 aromatic heterocycles. The largest absolute Gasteiger partial charge is 0.355 e. The van der Waals surface area contributed by atoms with E-state index in [9.17, 15) is 0 Å². The van der Waals surface area contributed by atoms with Crippen LogP contribution in [0.3, 0.4) is 0 Å². The number of aryl methyl sites for hydroxylation is 3. The van der Waals surface area contributed by atoms with Crippen molar-refractivity contribution in [2.24, 2.45) is 0 Å². The molecule has 0 aliphatic heterocycles. The molecule has 0 saturated heterocycles. The summed E-state index contributed by atoms with van der Waals surface area (Å²) in [7, 11) is 0. The average molecular weight is 234 g/mol. The predicted octanol–water partition coefficient (Wildman–Crippen LogP) is 2.47. The van der Waals surface area contributed by atoms with Crippen LogP contribution in [-0.2, 0) is 6.54 Å². The highest BCUT2D eigenvalue weighted by atomic mass is 32.1. The van der Waals surface area contributed by atoms with Crippen LogP contribution < -0.4 is 5.32 Å². The Morgan fingerprint density at radius 1 is 1.12 bits per heavy atom. The molecule has 0 atom stereocenters. The molecule has 0 aliphatic rings. The van der Waals surface area contributed by atoms with Crippen LogP contribution in [0.1, 0.15) is 22.3 Å². The van der Waals surface area contributed by atoms with Crippen molar-refractivity contribution in [2.45, 2.75) is 27.3 Å². The van der Waals surface area contributed by atoms with E-state index in [1.165, 1.54) is 33.8 Å². The van der Waals surface area contributed by atoms with Gasteiger partial charge < -0.3 is 5.32 Å². The van der Waals surface area contributed by atoms with Gasteiger partial charge in [-0.05, 0) is 48.2 Å². The van der Waals surface area contributed by atoms with Crippen LogP contribution in [0.15, 0.2) is 12.1 Å². The predicted molar refractivity (Wildman–Crippen MR) is 65.7 cm³/mol. The van der Waals surface area contributed by atoms with Crippen LogP contribution in [0.2, 0.25) is 0 Å². The molecule has 0 amide bonds. The third kappa shape index (κ3) is 2.36. The van der Waals surface area contributed by atoms with E-state index in [0.717, 1.165) is 11.7 Å². The van der Waals surface area contributed by atoms with Crippen LogP contribution >= 0.6 is 11.5 Å². The monoisotopic (exact) mass is 234 g/mol. The average Bonchev–Trinajstić information content (AvgIpc) is 2.74. The van der Waals surface area contributed by atoms with E-state index in [1.807, 2.05) is 0 Å². The lowest BCUT2D eigenvalue weighted by Gasteiger charge is -2.09. The smallest absolute Gasteiger partial charge is 0.225 e. The lowest BCUT2D eigenvalue weighted by atomic mass is 10.0. The van der Waals surface area contributed by atoms with Crippen LogP contribution in [0.5, 0.6) is 0 Å². The first-order valence-corrected chi connectivity index (χ1v) is 5.90. The molecule has 0 saturated carbocycles. The molecule has 16 heavy (non-hydrogen) atoms. The highest BCUT2D eigenvalue weighted by Crippen LogP contribution is 2.17. The van der Waals surface area contributed by atoms with Crippen molar-refractivity contribution in [1.82, 2.24) is 14.8 Å². The Balaban J connectivity index is 2.12. The number of nitrogens with zero attached hydrogens (tertiary/aromatic N) is 3. The Morgan fingerprint density at radius 2 is 1.88 bits per heavy atom. The molecule has 0 aliphatic carbocycles. The molecule has 1 heterocycles. The summed E-state index contributed by atoms with van der Waals surface area (Å²) in [6.07, 6.45) is 0. The van der Waals surface area contributed by atoms with Gasteiger partial charge in [-0.2, -0.15) is 0 Å². The van der Waals surface area contributed by atoms with E-state index < -0.39 is 0 Å². The Bertz CT molecular complexity index is 479. The van der Waals surface area contributed by atoms with Gasteiger partial charge in [-0.3, -0.25) is 0 Å². The lowest BCUT2D eigenvalue weighted by Crippen LogP contribution is -2.02. The fourth-order valence-electron chi connectivity index (χ4n) is 1.58. The van der Waals surface area contributed by atoms with Crippen LogP contribution in [0.4, 0.5) is 5.13 Å². The second kappa shape index (κ2) is 4.57. The zero-order valence-corrected chi connectivity index (χ0v) is 10.4. The Morgan fingerprint density at radius 3 is 2.56 bits per heavy atom. The normalized spacial score (nSPS) is 10.4. The molecule has 84 valence electrons. The van der Waals surface area contributed by atoms with E-state index in [1.54, 1.807) is 0 Å². The van der Waals surface area contributed by atoms with Gasteiger partial charge in [-0.15, -0.1) is 0 Å². The van der Waals surface area contributed by atoms with E-state index in [4.69, 9.17) is 0 Å². The highest BCUT2D eigenvalue weighted by molar-refractivity contribution is 7.09. The number of rotatable bonds is 3. The van der Waals surface area contributed by atoms with Crippen molar-refractivity contribution in [3.8, 4) is 0 Å². The van der Waals surface area contributed by atoms with Gasteiger partial charge in [0.1, 0.15) is 0 Å². The molecule has 4 nitrogen and oxygen atoms in total. The quantitative estimate of drug-likeness (QED) is 0.886. The third-order valence-corrected chi connectivity index (χ3v) is 3.24. The molecular weight excluding hydrogens is 220 g/mol. The van der Waals surface area contributed by atoms with Crippen molar-refractivity contribution in [3.05, 3.63) is 34.4 Å². The molecule has 0 spiro atoms. The summed E-state index contributed by atoms with van der Waals surface area (Å²) in [6.45, 7) is 7.16. The summed E-state index contributed by atoms with van der Waals surface area (Å²) < 4.78 is 3.71. The summed E-state index contributed by atoms with van der Waals surface area (Å²) in [5.41, 5.74) is 5.24. The van der Waals surface area contributed by atoms with E-state index in [-0.39, 0.29) is 0 Å². The minimum absolute atomic E-state index is 0.762. The molecule has 1 aromatic carbocycles. The lowest BCUT2D eigenvalue weighted by molar-refractivity contribution is 0.949. The number of nitrogens with one attached hydrogen (secondary N) is 1. The van der Waals surface area contributed by atoms with Crippen LogP contribution in [0, 0.1) is 20.8 Å². The second-order valence-electron chi connectivity index (χ2n) is 3.88. The summed E-state index contributed by atoms with van der Waals surface area (Å²) in [5, 5.41) is 11.4. The van der Waals surface area contributed by atoms with Crippen molar-refractivity contribution in [1.29, 1.82) is 0 Å². The molecule has 0 bridgehead atoms. The van der Waals surface area contributed by atoms with Crippen LogP contribution in [0.25, 0.3) is 0 Å². The number of aromatic nitrogens is 3. The van der Waals surface area contributed by atoms with Crippen molar-refractivity contribution >= 4 is 16.7 Å². The molecule has 0 fully saturated rings. The van der Waals surface area contributed by atoms with E-state index in [2.05, 4.69) is 53.0 Å². The Kier molecular flexibility index (Phi) is 3.14. The van der Waals surface area contributed by atoms with Crippen LogP contribution in [-0.4, -0.2) is 14.8 Å². The second-order valence-corrected chi connectivity index (χ2v) is 4.62. The highest BCUT2D eigenvalue weighted by Gasteiger charge is 2.03. The van der Waals surface area contributed by atoms with Gasteiger partial charge in [0.05, 0.1) is 0 Å². The number of hydrogen-bond donors (Lipinski definition) is 1. The zero-order chi connectivity index (χ0) is 11.5. The topological polar surface area (TPSA) is 50.7 Å². The first-order chi connectivity index (χ1) is 7.66. The summed E-state index contributed by atoms with van der Waals surface area (Å²) >= 11 is 1.27. The van der Waals surface area contributed by atoms with Crippen molar-refractivity contribution in [3.63, 3.8) is 0 Å². The Hall–Kier alpha value is -1.49. The van der Waals surface area contributed by atoms with Gasteiger partial charge in [-0.25, -0.2) is 0 Å². The maximum Gasteiger partial charge on any atom is 0.225 e. The first kappa shape index (κ1) is 11.0. The summed E-state index contributed by atoms with van der Waals surface area (Å²) in [4.78, 5) is 0. The standard InChI is InChI=1S/C11H14N4S/c1-7-4-9(3)10(5-8(7)2)6-12-11-13-14-15-16-11/h4-5H,6H2,1-3H3,(H,12,13,15). The fraction of sp³-hybridized carbons (Fsp3) is 0.364. The van der Waals surface area contributed by atoms with Gasteiger partial charge in [0, 0.05) is 18.1 Å². The molecule has 2 aromatic rings. The third-order valence-electron chi connectivity index (χ3n) is 2.68. The first-order valence-electron chi connectivity index (χ1n) is 5.12. The molecular formula is C11H14N4S. The molecule has 0 unspecified atom stereocenters. The minimum Gasteiger partial charge on any atom is -0.355 e. The molecule has 0 radical (unpaired) electrons. The summed E-state index contributed by atoms with van der Waals surface area (Å²) in [6, 6.07) is 4.43. The molecule has 5 heteroatoms. The van der Waals surface area contributed by atoms with Crippen molar-refractivity contribution < 1.29 is 0 Å². The SMILES string of the molecule is Cc1cc(C)c(CNc2nnns2)cc1C. The maximum absolute atomic E-state index is 3.85. The Labute approximate surface area is 98.9 Å². The number of hydrogen-bond acceptors (Lipinski definition) is 5.